The molecule has 2 aliphatic carbocycles. The average Bonchev–Trinajstić information content (AvgIpc) is 3.92. The molecule has 1 N–H and O–H groups in total. The van der Waals surface area contributed by atoms with Gasteiger partial charge in [-0.15, -0.1) is 0 Å². The zero-order chi connectivity index (χ0) is 28.8. The van der Waals surface area contributed by atoms with Gasteiger partial charge in [0.25, 0.3) is 5.91 Å². The molecule has 1 amide bonds. The number of anilines is 1. The van der Waals surface area contributed by atoms with E-state index in [4.69, 9.17) is 21.1 Å². The number of carboxylic acid groups (broad SMARTS) is 1. The number of aliphatic carboxylic acids is 1. The van der Waals surface area contributed by atoms with Crippen LogP contribution in [0.1, 0.15) is 76.9 Å². The van der Waals surface area contributed by atoms with Crippen LogP contribution in [0.25, 0.3) is 11.3 Å². The summed E-state index contributed by atoms with van der Waals surface area (Å²) < 4.78 is 12.6. The van der Waals surface area contributed by atoms with Crippen LogP contribution in [0.5, 0.6) is 17.2 Å². The van der Waals surface area contributed by atoms with Crippen molar-refractivity contribution in [1.29, 1.82) is 0 Å². The molecule has 7 rings (SSSR count). The number of amides is 1. The molecule has 2 heterocycles. The minimum Gasteiger partial charge on any atom is -0.549 e. The largest absolute Gasteiger partial charge is 1.00 e. The summed E-state index contributed by atoms with van der Waals surface area (Å²) in [7, 11) is 0. The van der Waals surface area contributed by atoms with Crippen LogP contribution in [0.15, 0.2) is 72.8 Å². The van der Waals surface area contributed by atoms with Gasteiger partial charge in [0.05, 0.1) is 12.3 Å². The van der Waals surface area contributed by atoms with Crippen LogP contribution in [0.4, 0.5) is 5.82 Å². The first-order valence-corrected chi connectivity index (χ1v) is 14.7. The Morgan fingerprint density at radius 3 is 2.30 bits per heavy atom. The van der Waals surface area contributed by atoms with Gasteiger partial charge in [-0.25, -0.2) is 4.98 Å². The second-order valence-electron chi connectivity index (χ2n) is 11.2. The number of halogens is 1. The summed E-state index contributed by atoms with van der Waals surface area (Å²) in [5.74, 6) is 1.09. The molecule has 3 aromatic carbocycles. The molecule has 1 aromatic heterocycles. The van der Waals surface area contributed by atoms with E-state index < -0.39 is 11.9 Å². The number of pyridine rings is 1. The Kier molecular flexibility index (Phi) is 8.51. The number of benzene rings is 3. The quantitative estimate of drug-likeness (QED) is 0.308. The number of carbonyl (C=O) groups is 2. The smallest absolute Gasteiger partial charge is 0.549 e. The summed E-state index contributed by atoms with van der Waals surface area (Å²) in [5.41, 5.74) is 4.84. The van der Waals surface area contributed by atoms with Gasteiger partial charge in [0, 0.05) is 39.2 Å². The predicted molar refractivity (Wildman–Crippen MR) is 157 cm³/mol. The fraction of sp³-hybridized carbons (Fsp3) is 0.265. The third-order valence-electron chi connectivity index (χ3n) is 8.11. The molecule has 212 valence electrons. The fourth-order valence-corrected chi connectivity index (χ4v) is 5.76. The first kappa shape index (κ1) is 29.7. The number of nitrogens with zero attached hydrogens (tertiary/aromatic N) is 1. The molecule has 0 spiro atoms. The maximum absolute atomic E-state index is 13.0. The van der Waals surface area contributed by atoms with Crippen molar-refractivity contribution < 1.29 is 53.7 Å². The summed E-state index contributed by atoms with van der Waals surface area (Å²) in [6.07, 6.45) is 4.53. The van der Waals surface area contributed by atoms with Gasteiger partial charge in [-0.2, -0.15) is 0 Å². The molecule has 43 heavy (non-hydrogen) atoms. The molecule has 0 saturated heterocycles. The Morgan fingerprint density at radius 2 is 1.63 bits per heavy atom. The molecule has 3 aliphatic rings. The predicted octanol–water partition coefficient (Wildman–Crippen LogP) is 3.82. The van der Waals surface area contributed by atoms with E-state index >= 15 is 0 Å². The van der Waals surface area contributed by atoms with Crippen molar-refractivity contribution in [3.05, 3.63) is 100 Å². The third-order valence-corrected chi connectivity index (χ3v) is 8.36. The minimum atomic E-state index is -1.06. The Bertz CT molecular complexity index is 1680. The minimum absolute atomic E-state index is 0. The van der Waals surface area contributed by atoms with Crippen molar-refractivity contribution in [2.75, 3.05) is 11.9 Å². The van der Waals surface area contributed by atoms with Gasteiger partial charge in [0.1, 0.15) is 23.1 Å². The number of carboxylic acids is 1. The van der Waals surface area contributed by atoms with Crippen LogP contribution >= 0.6 is 11.6 Å². The Hall–Kier alpha value is -3.36. The van der Waals surface area contributed by atoms with Gasteiger partial charge in [0.2, 0.25) is 0 Å². The van der Waals surface area contributed by atoms with Gasteiger partial charge in [-0.05, 0) is 104 Å². The number of ether oxygens (including phenoxy) is 2. The van der Waals surface area contributed by atoms with Crippen molar-refractivity contribution in [2.24, 2.45) is 0 Å². The number of fused-ring (bicyclic) bond motifs is 1. The van der Waals surface area contributed by atoms with Crippen molar-refractivity contribution in [1.82, 2.24) is 4.98 Å². The van der Waals surface area contributed by atoms with E-state index in [0.717, 1.165) is 59.4 Å². The summed E-state index contributed by atoms with van der Waals surface area (Å²) in [6, 6.07) is 21.8. The first-order chi connectivity index (χ1) is 20.4. The number of aromatic nitrogens is 1. The zero-order valence-corrected chi connectivity index (χ0v) is 26.5. The molecular formula is C34H28ClN2NaO5. The Labute approximate surface area is 276 Å². The van der Waals surface area contributed by atoms with Crippen LogP contribution in [0, 0.1) is 0 Å². The second-order valence-corrected chi connectivity index (χ2v) is 11.6. The fourth-order valence-electron chi connectivity index (χ4n) is 5.63. The normalized spacial score (nSPS) is 17.2. The number of carbonyl (C=O) groups excluding carboxylic acids is 2. The van der Waals surface area contributed by atoms with E-state index in [-0.39, 0.29) is 41.4 Å². The molecule has 0 bridgehead atoms. The third kappa shape index (κ3) is 6.31. The summed E-state index contributed by atoms with van der Waals surface area (Å²) in [6.45, 7) is 0.342. The van der Waals surface area contributed by atoms with E-state index in [2.05, 4.69) is 10.3 Å². The Morgan fingerprint density at radius 1 is 0.907 bits per heavy atom. The second kappa shape index (κ2) is 12.3. The van der Waals surface area contributed by atoms with Gasteiger partial charge < -0.3 is 24.7 Å². The van der Waals surface area contributed by atoms with Crippen LogP contribution in [0.2, 0.25) is 5.02 Å². The molecule has 9 heteroatoms. The average molecular weight is 603 g/mol. The summed E-state index contributed by atoms with van der Waals surface area (Å²) >= 11 is 6.00. The number of hydrogen-bond donors (Lipinski definition) is 1. The molecule has 2 fully saturated rings. The van der Waals surface area contributed by atoms with Crippen LogP contribution < -0.4 is 49.5 Å². The molecule has 2 saturated carbocycles. The molecule has 7 nitrogen and oxygen atoms in total. The van der Waals surface area contributed by atoms with Gasteiger partial charge >= 0.3 is 29.6 Å². The molecule has 1 atom stereocenters. The van der Waals surface area contributed by atoms with Gasteiger partial charge in [-0.3, -0.25) is 4.79 Å². The SMILES string of the molecule is O=C(Nc1cccc(-c2ccc(Cl)cc2)n1)c1ccc(Oc2c(C3CC3)cc3c(c2C2CC2)OCCC3C(=O)[O-])cc1.[Na+]. The van der Waals surface area contributed by atoms with E-state index in [1.54, 1.807) is 42.5 Å². The van der Waals surface area contributed by atoms with Gasteiger partial charge in [0.15, 0.2) is 0 Å². The molecular weight excluding hydrogens is 575 g/mol. The van der Waals surface area contributed by atoms with Crippen LogP contribution in [0.3, 0.4) is 0 Å². The van der Waals surface area contributed by atoms with E-state index in [1.807, 2.05) is 30.3 Å². The Balaban J connectivity index is 0.00000329. The van der Waals surface area contributed by atoms with Crippen molar-refractivity contribution in [3.63, 3.8) is 0 Å². The molecule has 1 aliphatic heterocycles. The molecule has 1 unspecified atom stereocenters. The number of hydrogen-bond acceptors (Lipinski definition) is 6. The topological polar surface area (TPSA) is 101 Å². The van der Waals surface area contributed by atoms with Crippen molar-refractivity contribution >= 4 is 29.3 Å². The van der Waals surface area contributed by atoms with Crippen LogP contribution in [-0.4, -0.2) is 23.5 Å². The van der Waals surface area contributed by atoms with Gasteiger partial charge in [-0.1, -0.05) is 29.8 Å². The molecule has 4 aromatic rings. The molecule has 0 radical (unpaired) electrons. The van der Waals surface area contributed by atoms with Crippen molar-refractivity contribution in [3.8, 4) is 28.5 Å². The van der Waals surface area contributed by atoms with E-state index in [1.165, 1.54) is 0 Å². The first-order valence-electron chi connectivity index (χ1n) is 14.3. The maximum atomic E-state index is 13.0. The maximum Gasteiger partial charge on any atom is 1.00 e. The number of nitrogens with one attached hydrogen (secondary N) is 1. The van der Waals surface area contributed by atoms with E-state index in [0.29, 0.717) is 46.8 Å². The van der Waals surface area contributed by atoms with Crippen molar-refractivity contribution in [2.45, 2.75) is 49.9 Å². The zero-order valence-electron chi connectivity index (χ0n) is 23.8. The van der Waals surface area contributed by atoms with Crippen LogP contribution in [-0.2, 0) is 4.79 Å². The van der Waals surface area contributed by atoms with E-state index in [9.17, 15) is 14.7 Å². The summed E-state index contributed by atoms with van der Waals surface area (Å²) in [4.78, 5) is 29.6. The summed E-state index contributed by atoms with van der Waals surface area (Å²) in [5, 5.41) is 15.5. The monoisotopic (exact) mass is 602 g/mol. The standard InChI is InChI=1S/C34H29ClN2O5.Na/c35-23-12-8-20(9-13-23)28-2-1-3-29(36-28)37-33(38)22-10-14-24(15-11-22)42-32-26(19-4-5-19)18-27-25(34(39)40)16-17-41-31(27)30(32)21-6-7-21;/h1-3,8-15,18-19,21,25H,4-7,16-17H2,(H,39,40)(H,36,37,38);/q;+1/p-1. The number of rotatable bonds is 8.